The molecule has 0 bridgehead atoms. The molecule has 0 spiro atoms. The zero-order valence-corrected chi connectivity index (χ0v) is 13.4. The maximum absolute atomic E-state index is 12.0. The number of hydrogen-bond donors (Lipinski definition) is 0. The number of nitro groups is 1. The number of carbonyl (C=O) groups excluding carboxylic acids is 2. The fourth-order valence-corrected chi connectivity index (χ4v) is 2.03. The van der Waals surface area contributed by atoms with E-state index in [1.807, 2.05) is 0 Å². The molecule has 0 N–H and O–H groups in total. The Morgan fingerprint density at radius 2 is 2.12 bits per heavy atom. The minimum Gasteiger partial charge on any atom is -0.467 e. The van der Waals surface area contributed by atoms with E-state index in [0.29, 0.717) is 5.76 Å². The first-order valence-electron chi connectivity index (χ1n) is 6.76. The number of nitrogens with zero attached hydrogens (tertiary/aromatic N) is 2. The highest BCUT2D eigenvalue weighted by Gasteiger charge is 2.23. The molecule has 0 atom stereocenters. The van der Waals surface area contributed by atoms with E-state index in [9.17, 15) is 19.7 Å². The Hall–Kier alpha value is -2.87. The van der Waals surface area contributed by atoms with E-state index < -0.39 is 29.1 Å². The Balaban J connectivity index is 1.98. The van der Waals surface area contributed by atoms with Gasteiger partial charge < -0.3 is 14.1 Å². The molecule has 0 aliphatic carbocycles. The first kappa shape index (κ1) is 17.5. The third kappa shape index (κ3) is 4.32. The van der Waals surface area contributed by atoms with E-state index in [2.05, 4.69) is 0 Å². The molecule has 0 fully saturated rings. The van der Waals surface area contributed by atoms with Crippen LogP contribution >= 0.6 is 11.6 Å². The topological polar surface area (TPSA) is 103 Å². The Bertz CT molecular complexity index is 759. The molecule has 0 unspecified atom stereocenters. The van der Waals surface area contributed by atoms with Gasteiger partial charge in [-0.25, -0.2) is 4.79 Å². The predicted octanol–water partition coefficient (Wildman–Crippen LogP) is 2.66. The van der Waals surface area contributed by atoms with Crippen molar-refractivity contribution in [2.75, 3.05) is 13.7 Å². The number of carbonyl (C=O) groups is 2. The lowest BCUT2D eigenvalue weighted by Gasteiger charge is -2.15. The molecular weight excluding hydrogens is 340 g/mol. The van der Waals surface area contributed by atoms with E-state index in [1.165, 1.54) is 30.3 Å². The second kappa shape index (κ2) is 7.60. The van der Waals surface area contributed by atoms with Crippen molar-refractivity contribution in [3.8, 4) is 0 Å². The number of hydrogen-bond acceptors (Lipinski definition) is 6. The molecule has 9 heteroatoms. The zero-order valence-electron chi connectivity index (χ0n) is 12.6. The second-order valence-corrected chi connectivity index (χ2v) is 5.26. The molecule has 0 saturated heterocycles. The number of amides is 1. The van der Waals surface area contributed by atoms with Crippen molar-refractivity contribution in [2.45, 2.75) is 6.54 Å². The van der Waals surface area contributed by atoms with Crippen molar-refractivity contribution in [1.82, 2.24) is 4.90 Å². The Kier molecular flexibility index (Phi) is 5.54. The van der Waals surface area contributed by atoms with Crippen LogP contribution in [0.2, 0.25) is 5.02 Å². The van der Waals surface area contributed by atoms with Crippen LogP contribution in [0.25, 0.3) is 0 Å². The highest BCUT2D eigenvalue weighted by molar-refractivity contribution is 6.31. The van der Waals surface area contributed by atoms with Gasteiger partial charge in [-0.1, -0.05) is 11.6 Å². The monoisotopic (exact) mass is 352 g/mol. The summed E-state index contributed by atoms with van der Waals surface area (Å²) in [7, 11) is 1.52. The van der Waals surface area contributed by atoms with Crippen molar-refractivity contribution in [1.29, 1.82) is 0 Å². The summed E-state index contributed by atoms with van der Waals surface area (Å²) >= 11 is 5.68. The third-order valence-electron chi connectivity index (χ3n) is 3.10. The molecule has 8 nitrogen and oxygen atoms in total. The quantitative estimate of drug-likeness (QED) is 0.450. The van der Waals surface area contributed by atoms with Crippen molar-refractivity contribution in [3.63, 3.8) is 0 Å². The Labute approximate surface area is 141 Å². The largest absolute Gasteiger partial charge is 0.467 e. The average Bonchev–Trinajstić information content (AvgIpc) is 3.04. The van der Waals surface area contributed by atoms with Gasteiger partial charge in [0.2, 0.25) is 0 Å². The maximum Gasteiger partial charge on any atom is 0.345 e. The predicted molar refractivity (Wildman–Crippen MR) is 83.6 cm³/mol. The molecule has 0 aliphatic heterocycles. The van der Waals surface area contributed by atoms with Crippen LogP contribution < -0.4 is 0 Å². The van der Waals surface area contributed by atoms with Crippen LogP contribution in [0, 0.1) is 10.1 Å². The van der Waals surface area contributed by atoms with Gasteiger partial charge in [0.25, 0.3) is 11.6 Å². The average molecular weight is 353 g/mol. The number of furan rings is 1. The molecule has 0 radical (unpaired) electrons. The minimum atomic E-state index is -0.974. The number of rotatable bonds is 6. The van der Waals surface area contributed by atoms with Crippen molar-refractivity contribution < 1.29 is 23.7 Å². The van der Waals surface area contributed by atoms with Gasteiger partial charge in [0.05, 0.1) is 17.7 Å². The number of esters is 1. The fraction of sp³-hybridized carbons (Fsp3) is 0.200. The summed E-state index contributed by atoms with van der Waals surface area (Å²) in [6.07, 6.45) is 1.48. The highest BCUT2D eigenvalue weighted by Crippen LogP contribution is 2.23. The molecule has 1 heterocycles. The molecule has 0 saturated carbocycles. The van der Waals surface area contributed by atoms with Crippen molar-refractivity contribution in [2.24, 2.45) is 0 Å². The van der Waals surface area contributed by atoms with Crippen LogP contribution in [0.15, 0.2) is 41.0 Å². The van der Waals surface area contributed by atoms with Crippen LogP contribution in [-0.4, -0.2) is 35.4 Å². The van der Waals surface area contributed by atoms with E-state index in [4.69, 9.17) is 20.8 Å². The summed E-state index contributed by atoms with van der Waals surface area (Å²) in [6, 6.07) is 6.94. The molecule has 2 aromatic rings. The van der Waals surface area contributed by atoms with E-state index in [1.54, 1.807) is 12.1 Å². The van der Waals surface area contributed by atoms with Gasteiger partial charge in [-0.2, -0.15) is 0 Å². The molecule has 1 amide bonds. The Morgan fingerprint density at radius 1 is 1.38 bits per heavy atom. The normalized spacial score (nSPS) is 10.2. The molecule has 1 aromatic carbocycles. The van der Waals surface area contributed by atoms with Gasteiger partial charge in [-0.05, 0) is 24.3 Å². The SMILES string of the molecule is CN(Cc1ccco1)C(=O)COC(=O)c1ccc(Cl)cc1[N+](=O)[O-]. The molecular formula is C15H13ClN2O6. The van der Waals surface area contributed by atoms with Gasteiger partial charge in [-0.15, -0.1) is 0 Å². The van der Waals surface area contributed by atoms with Crippen LogP contribution in [0.3, 0.4) is 0 Å². The van der Waals surface area contributed by atoms with Gasteiger partial charge in [0.15, 0.2) is 6.61 Å². The minimum absolute atomic E-state index is 0.118. The van der Waals surface area contributed by atoms with Crippen LogP contribution in [0.4, 0.5) is 5.69 Å². The van der Waals surface area contributed by atoms with Crippen molar-refractivity contribution in [3.05, 3.63) is 63.1 Å². The summed E-state index contributed by atoms with van der Waals surface area (Å²) in [4.78, 5) is 35.4. The fourth-order valence-electron chi connectivity index (χ4n) is 1.87. The van der Waals surface area contributed by atoms with Crippen LogP contribution in [0.5, 0.6) is 0 Å². The van der Waals surface area contributed by atoms with Gasteiger partial charge in [0.1, 0.15) is 11.3 Å². The van der Waals surface area contributed by atoms with Crippen molar-refractivity contribution >= 4 is 29.2 Å². The molecule has 2 rings (SSSR count). The summed E-state index contributed by atoms with van der Waals surface area (Å²) in [6.45, 7) is -0.333. The van der Waals surface area contributed by atoms with Gasteiger partial charge in [0, 0.05) is 18.1 Å². The third-order valence-corrected chi connectivity index (χ3v) is 3.34. The van der Waals surface area contributed by atoms with E-state index in [-0.39, 0.29) is 17.1 Å². The standard InChI is InChI=1S/C15H13ClN2O6/c1-17(8-11-3-2-6-23-11)14(19)9-24-15(20)12-5-4-10(16)7-13(12)18(21)22/h2-7H,8-9H2,1H3. The number of benzene rings is 1. The number of likely N-dealkylation sites (N-methyl/N-ethyl adjacent to an activating group) is 1. The number of nitro benzene ring substituents is 1. The summed E-state index contributed by atoms with van der Waals surface area (Å²) in [5.41, 5.74) is -0.755. The summed E-state index contributed by atoms with van der Waals surface area (Å²) in [5, 5.41) is 11.1. The summed E-state index contributed by atoms with van der Waals surface area (Å²) < 4.78 is 9.97. The van der Waals surface area contributed by atoms with Crippen LogP contribution in [-0.2, 0) is 16.1 Å². The van der Waals surface area contributed by atoms with E-state index in [0.717, 1.165) is 6.07 Å². The molecule has 1 aromatic heterocycles. The lowest BCUT2D eigenvalue weighted by Crippen LogP contribution is -2.30. The number of halogens is 1. The maximum atomic E-state index is 12.0. The Morgan fingerprint density at radius 3 is 2.75 bits per heavy atom. The lowest BCUT2D eigenvalue weighted by atomic mass is 10.2. The molecule has 0 aliphatic rings. The lowest BCUT2D eigenvalue weighted by molar-refractivity contribution is -0.385. The first-order valence-corrected chi connectivity index (χ1v) is 7.13. The summed E-state index contributed by atoms with van der Waals surface area (Å²) in [5.74, 6) is -0.875. The smallest absolute Gasteiger partial charge is 0.345 e. The first-order chi connectivity index (χ1) is 11.4. The van der Waals surface area contributed by atoms with Gasteiger partial charge >= 0.3 is 5.97 Å². The van der Waals surface area contributed by atoms with Crippen LogP contribution in [0.1, 0.15) is 16.1 Å². The van der Waals surface area contributed by atoms with Gasteiger partial charge in [-0.3, -0.25) is 14.9 Å². The molecule has 126 valence electrons. The second-order valence-electron chi connectivity index (χ2n) is 4.82. The zero-order chi connectivity index (χ0) is 17.7. The van der Waals surface area contributed by atoms with E-state index >= 15 is 0 Å². The molecule has 24 heavy (non-hydrogen) atoms. The highest BCUT2D eigenvalue weighted by atomic mass is 35.5. The number of ether oxygens (including phenoxy) is 1.